The second kappa shape index (κ2) is 18.4. The number of rotatable bonds is 10. The van der Waals surface area contributed by atoms with Crippen LogP contribution in [0.25, 0.3) is 0 Å². The molecule has 3 saturated heterocycles. The molecule has 310 valence electrons. The first-order chi connectivity index (χ1) is 25.7. The molecule has 11 N–H and O–H groups in total. The zero-order chi connectivity index (χ0) is 38.8. The fourth-order valence-electron chi connectivity index (χ4n) is 8.95. The molecule has 0 aromatic heterocycles. The lowest BCUT2D eigenvalue weighted by atomic mass is 9.72. The van der Waals surface area contributed by atoms with E-state index in [1.807, 2.05) is 0 Å². The van der Waals surface area contributed by atoms with E-state index in [0.717, 1.165) is 12.8 Å². The van der Waals surface area contributed by atoms with Gasteiger partial charge in [-0.05, 0) is 69.6 Å². The van der Waals surface area contributed by atoms with Crippen LogP contribution in [-0.2, 0) is 33.2 Å². The highest BCUT2D eigenvalue weighted by atomic mass is 16.7. The molecule has 0 bridgehead atoms. The van der Waals surface area contributed by atoms with Crippen LogP contribution in [0.5, 0.6) is 0 Å². The maximum absolute atomic E-state index is 12.5. The summed E-state index contributed by atoms with van der Waals surface area (Å²) in [5.74, 6) is -1.50. The van der Waals surface area contributed by atoms with E-state index in [-0.39, 0.29) is 50.0 Å². The summed E-state index contributed by atoms with van der Waals surface area (Å²) in [6.07, 6.45) is -15.1. The van der Waals surface area contributed by atoms with Gasteiger partial charge in [0, 0.05) is 18.4 Å². The van der Waals surface area contributed by atoms with Crippen molar-refractivity contribution in [1.82, 2.24) is 0 Å². The van der Waals surface area contributed by atoms with Crippen LogP contribution in [-0.4, -0.2) is 186 Å². The highest BCUT2D eigenvalue weighted by Gasteiger charge is 2.54. The Kier molecular flexibility index (Phi) is 14.4. The maximum atomic E-state index is 12.5. The van der Waals surface area contributed by atoms with Crippen molar-refractivity contribution < 1.29 is 89.4 Å². The minimum atomic E-state index is -1.76. The Hall–Kier alpha value is -1.43. The predicted octanol–water partition coefficient (Wildman–Crippen LogP) is -3.53. The summed E-state index contributed by atoms with van der Waals surface area (Å²) in [4.78, 5) is 12.5. The van der Waals surface area contributed by atoms with Crippen LogP contribution in [0.4, 0.5) is 0 Å². The molecule has 3 saturated carbocycles. The van der Waals surface area contributed by atoms with Gasteiger partial charge in [0.25, 0.3) is 0 Å². The first-order valence-electron chi connectivity index (χ1n) is 19.3. The number of ether oxygens (including phenoxy) is 6. The van der Waals surface area contributed by atoms with Crippen LogP contribution in [0.15, 0.2) is 12.2 Å². The van der Waals surface area contributed by atoms with Crippen molar-refractivity contribution in [3.05, 3.63) is 12.2 Å². The van der Waals surface area contributed by atoms with Crippen molar-refractivity contribution >= 4 is 5.97 Å². The minimum absolute atomic E-state index is 0.0588. The van der Waals surface area contributed by atoms with Crippen molar-refractivity contribution in [2.45, 2.75) is 174 Å². The van der Waals surface area contributed by atoms with Gasteiger partial charge < -0.3 is 84.6 Å². The predicted molar refractivity (Wildman–Crippen MR) is 180 cm³/mol. The Morgan fingerprint density at radius 3 is 1.89 bits per heavy atom. The van der Waals surface area contributed by atoms with Crippen LogP contribution in [0.3, 0.4) is 0 Å². The van der Waals surface area contributed by atoms with Crippen molar-refractivity contribution in [3.8, 4) is 0 Å². The lowest BCUT2D eigenvalue weighted by Crippen LogP contribution is -2.63. The van der Waals surface area contributed by atoms with Crippen molar-refractivity contribution in [1.29, 1.82) is 0 Å². The van der Waals surface area contributed by atoms with Gasteiger partial charge in [-0.25, -0.2) is 4.79 Å². The third-order valence-corrected chi connectivity index (χ3v) is 12.2. The molecular formula is C36H58O18. The first-order valence-corrected chi connectivity index (χ1v) is 19.3. The number of aliphatic hydroxyl groups excluding tert-OH is 11. The van der Waals surface area contributed by atoms with E-state index in [4.69, 9.17) is 28.4 Å². The number of fused-ring (bicyclic) bond motifs is 1. The van der Waals surface area contributed by atoms with E-state index in [0.29, 0.717) is 19.3 Å². The zero-order valence-corrected chi connectivity index (χ0v) is 30.0. The van der Waals surface area contributed by atoms with Gasteiger partial charge in [0.15, 0.2) is 12.6 Å². The summed E-state index contributed by atoms with van der Waals surface area (Å²) in [6, 6.07) is 0. The molecule has 3 aliphatic carbocycles. The van der Waals surface area contributed by atoms with Gasteiger partial charge in [0.2, 0.25) is 0 Å². The van der Waals surface area contributed by atoms with Gasteiger partial charge in [0.1, 0.15) is 55.4 Å². The molecule has 18 heteroatoms. The van der Waals surface area contributed by atoms with Gasteiger partial charge in [-0.3, -0.25) is 0 Å². The van der Waals surface area contributed by atoms with Crippen LogP contribution in [0, 0.1) is 17.8 Å². The Morgan fingerprint density at radius 2 is 1.24 bits per heavy atom. The van der Waals surface area contributed by atoms with E-state index < -0.39 is 129 Å². The molecule has 19 atom stereocenters. The first kappa shape index (κ1) is 42.2. The third-order valence-electron chi connectivity index (χ3n) is 12.2. The summed E-state index contributed by atoms with van der Waals surface area (Å²) in [5, 5.41) is 115. The number of aliphatic hydroxyl groups is 11. The average Bonchev–Trinajstić information content (AvgIpc) is 3.15. The van der Waals surface area contributed by atoms with Crippen molar-refractivity contribution in [2.24, 2.45) is 17.8 Å². The Morgan fingerprint density at radius 1 is 0.611 bits per heavy atom. The minimum Gasteiger partial charge on any atom is -0.460 e. The molecule has 3 aliphatic heterocycles. The van der Waals surface area contributed by atoms with Crippen molar-refractivity contribution in [3.63, 3.8) is 0 Å². The Balaban J connectivity index is 1.17. The summed E-state index contributed by atoms with van der Waals surface area (Å²) >= 11 is 0. The standard InChI is InChI=1S/C36H58O18/c37-13-25-28(43)30(45)32(47)35(53-25)51-23-11-18(39)10-22-19(23)12-24(34(50-22)16-4-7-20(40)21(41)9-16)52-36-33(48)31(46)29(44)26(54-36)14-49-27(42)8-3-15-1-5-17(38)6-2-15/h3,8,15-26,28-41,43-48H,1-2,4-7,9-14H2. The quantitative estimate of drug-likeness (QED) is 0.0756. The van der Waals surface area contributed by atoms with Gasteiger partial charge in [-0.1, -0.05) is 6.08 Å². The maximum Gasteiger partial charge on any atom is 0.330 e. The molecule has 3 heterocycles. The monoisotopic (exact) mass is 778 g/mol. The number of hydrogen-bond acceptors (Lipinski definition) is 18. The molecular weight excluding hydrogens is 720 g/mol. The highest BCUT2D eigenvalue weighted by Crippen LogP contribution is 2.45. The van der Waals surface area contributed by atoms with E-state index in [1.54, 1.807) is 6.08 Å². The van der Waals surface area contributed by atoms with Gasteiger partial charge in [0.05, 0.1) is 55.4 Å². The van der Waals surface area contributed by atoms with E-state index in [2.05, 4.69) is 0 Å². The van der Waals surface area contributed by atoms with Crippen LogP contribution in [0.2, 0.25) is 0 Å². The summed E-state index contributed by atoms with van der Waals surface area (Å²) in [7, 11) is 0. The summed E-state index contributed by atoms with van der Waals surface area (Å²) < 4.78 is 35.9. The summed E-state index contributed by atoms with van der Waals surface area (Å²) in [5.41, 5.74) is 0. The van der Waals surface area contributed by atoms with E-state index in [9.17, 15) is 61.0 Å². The number of allylic oxidation sites excluding steroid dienone is 1. The average molecular weight is 779 g/mol. The molecule has 0 radical (unpaired) electrons. The van der Waals surface area contributed by atoms with Crippen LogP contribution in [0.1, 0.15) is 64.2 Å². The SMILES string of the molecule is O=C(C=CC1CCC(O)CC1)OCC1OC(OC2CC3C(OC4OC(CO)C(O)C(O)C4O)CC(O)CC3OC2C2CCC(O)C(O)C2)C(O)C(O)C1O. The summed E-state index contributed by atoms with van der Waals surface area (Å²) in [6.45, 7) is -1.15. The lowest BCUT2D eigenvalue weighted by molar-refractivity contribution is -0.344. The normalized spacial score (nSPS) is 50.4. The van der Waals surface area contributed by atoms with Crippen LogP contribution >= 0.6 is 0 Å². The number of carbonyl (C=O) groups is 1. The van der Waals surface area contributed by atoms with E-state index >= 15 is 0 Å². The van der Waals surface area contributed by atoms with Crippen LogP contribution < -0.4 is 0 Å². The largest absolute Gasteiger partial charge is 0.460 e. The zero-order valence-electron chi connectivity index (χ0n) is 30.0. The second-order valence-electron chi connectivity index (χ2n) is 16.0. The molecule has 54 heavy (non-hydrogen) atoms. The second-order valence-corrected chi connectivity index (χ2v) is 16.0. The number of carbonyl (C=O) groups excluding carboxylic acids is 1. The molecule has 6 fully saturated rings. The Labute approximate surface area is 312 Å². The topological polar surface area (TPSA) is 295 Å². The smallest absolute Gasteiger partial charge is 0.330 e. The Bertz CT molecular complexity index is 1230. The molecule has 0 amide bonds. The molecule has 0 aromatic rings. The lowest BCUT2D eigenvalue weighted by Gasteiger charge is -2.52. The molecule has 6 aliphatic rings. The molecule has 6 rings (SSSR count). The third kappa shape index (κ3) is 9.63. The van der Waals surface area contributed by atoms with Crippen molar-refractivity contribution in [2.75, 3.05) is 13.2 Å². The van der Waals surface area contributed by atoms with Gasteiger partial charge >= 0.3 is 5.97 Å². The molecule has 0 aromatic carbocycles. The van der Waals surface area contributed by atoms with E-state index in [1.165, 1.54) is 6.08 Å². The fraction of sp³-hybridized carbons (Fsp3) is 0.917. The fourth-order valence-corrected chi connectivity index (χ4v) is 8.95. The number of esters is 1. The molecule has 0 spiro atoms. The molecule has 18 nitrogen and oxygen atoms in total. The molecule has 19 unspecified atom stereocenters. The van der Waals surface area contributed by atoms with Gasteiger partial charge in [-0.2, -0.15) is 0 Å². The highest BCUT2D eigenvalue weighted by molar-refractivity contribution is 5.81. The van der Waals surface area contributed by atoms with Gasteiger partial charge in [-0.15, -0.1) is 0 Å². The number of hydrogen-bond donors (Lipinski definition) is 11.